The normalized spacial score (nSPS) is 12.2. The lowest BCUT2D eigenvalue weighted by molar-refractivity contribution is -0.140. The summed E-state index contributed by atoms with van der Waals surface area (Å²) in [5.41, 5.74) is 3.83. The van der Waals surface area contributed by atoms with Crippen LogP contribution in [0.25, 0.3) is 0 Å². The van der Waals surface area contributed by atoms with Crippen LogP contribution in [-0.2, 0) is 32.6 Å². The van der Waals surface area contributed by atoms with E-state index in [0.29, 0.717) is 22.8 Å². The van der Waals surface area contributed by atoms with Crippen molar-refractivity contribution in [2.75, 3.05) is 23.7 Å². The number of amides is 2. The first kappa shape index (κ1) is 31.2. The molecular weight excluding hydrogens is 546 g/mol. The first-order chi connectivity index (χ1) is 18.9. The molecule has 0 spiro atoms. The maximum Gasteiger partial charge on any atom is 0.244 e. The second-order valence-electron chi connectivity index (χ2n) is 10.5. The van der Waals surface area contributed by atoms with Gasteiger partial charge in [-0.2, -0.15) is 0 Å². The van der Waals surface area contributed by atoms with Crippen LogP contribution < -0.4 is 9.62 Å². The molecule has 0 aliphatic heterocycles. The minimum atomic E-state index is -3.82. The fourth-order valence-electron chi connectivity index (χ4n) is 4.28. The van der Waals surface area contributed by atoms with Crippen LogP contribution >= 0.6 is 11.6 Å². The van der Waals surface area contributed by atoms with E-state index in [9.17, 15) is 18.0 Å². The molecule has 0 aromatic heterocycles. The summed E-state index contributed by atoms with van der Waals surface area (Å²) in [7, 11) is -3.82. The quantitative estimate of drug-likeness (QED) is 0.320. The molecule has 0 fully saturated rings. The molecule has 0 bridgehead atoms. The molecule has 1 atom stereocenters. The SMILES string of the molecule is Cc1ccc(N(CC(=O)N(Cc2ccccc2Cl)[C@@H](Cc2ccccc2)C(=O)NCC(C)C)S(C)(=O)=O)cc1C. The van der Waals surface area contributed by atoms with Crippen LogP contribution in [0.3, 0.4) is 0 Å². The van der Waals surface area contributed by atoms with Crippen molar-refractivity contribution >= 4 is 39.1 Å². The van der Waals surface area contributed by atoms with Crippen LogP contribution in [0.15, 0.2) is 72.8 Å². The van der Waals surface area contributed by atoms with Crippen molar-refractivity contribution in [2.24, 2.45) is 5.92 Å². The molecule has 1 N–H and O–H groups in total. The second-order valence-corrected chi connectivity index (χ2v) is 12.8. The van der Waals surface area contributed by atoms with Crippen LogP contribution in [0.2, 0.25) is 5.02 Å². The fraction of sp³-hybridized carbons (Fsp3) is 0.355. The zero-order valence-corrected chi connectivity index (χ0v) is 25.3. The van der Waals surface area contributed by atoms with Gasteiger partial charge in [-0.05, 0) is 60.2 Å². The Kier molecular flexibility index (Phi) is 10.8. The minimum absolute atomic E-state index is 0.0373. The molecular formula is C31H38ClN3O4S. The largest absolute Gasteiger partial charge is 0.354 e. The monoisotopic (exact) mass is 583 g/mol. The van der Waals surface area contributed by atoms with Crippen molar-refractivity contribution in [3.63, 3.8) is 0 Å². The number of hydrogen-bond donors (Lipinski definition) is 1. The number of carbonyl (C=O) groups excluding carboxylic acids is 2. The molecule has 0 radical (unpaired) electrons. The molecule has 7 nitrogen and oxygen atoms in total. The van der Waals surface area contributed by atoms with Gasteiger partial charge in [0.1, 0.15) is 12.6 Å². The highest BCUT2D eigenvalue weighted by Gasteiger charge is 2.33. The number of carbonyl (C=O) groups is 2. The zero-order chi connectivity index (χ0) is 29.4. The molecule has 214 valence electrons. The Labute approximate surface area is 243 Å². The molecule has 0 aliphatic carbocycles. The molecule has 3 aromatic carbocycles. The van der Waals surface area contributed by atoms with Crippen LogP contribution in [-0.4, -0.2) is 50.5 Å². The van der Waals surface area contributed by atoms with Crippen molar-refractivity contribution < 1.29 is 18.0 Å². The van der Waals surface area contributed by atoms with Gasteiger partial charge in [-0.1, -0.05) is 80.0 Å². The van der Waals surface area contributed by atoms with Crippen molar-refractivity contribution in [1.29, 1.82) is 0 Å². The van der Waals surface area contributed by atoms with Gasteiger partial charge in [0.05, 0.1) is 11.9 Å². The van der Waals surface area contributed by atoms with E-state index in [1.54, 1.807) is 30.3 Å². The third-order valence-corrected chi connectivity index (χ3v) is 8.22. The maximum atomic E-state index is 14.1. The van der Waals surface area contributed by atoms with Gasteiger partial charge >= 0.3 is 0 Å². The number of anilines is 1. The van der Waals surface area contributed by atoms with E-state index >= 15 is 0 Å². The average molecular weight is 584 g/mol. The molecule has 9 heteroatoms. The highest BCUT2D eigenvalue weighted by molar-refractivity contribution is 7.92. The Morgan fingerprint density at radius 3 is 2.17 bits per heavy atom. The third kappa shape index (κ3) is 8.57. The lowest BCUT2D eigenvalue weighted by Gasteiger charge is -2.34. The second kappa shape index (κ2) is 13.8. The van der Waals surface area contributed by atoms with Gasteiger partial charge in [0.25, 0.3) is 0 Å². The highest BCUT2D eigenvalue weighted by Crippen LogP contribution is 2.24. The number of halogens is 1. The topological polar surface area (TPSA) is 86.8 Å². The van der Waals surface area contributed by atoms with Crippen LogP contribution in [0.1, 0.15) is 36.1 Å². The Morgan fingerprint density at radius 1 is 0.925 bits per heavy atom. The summed E-state index contributed by atoms with van der Waals surface area (Å²) in [6, 6.07) is 20.9. The van der Waals surface area contributed by atoms with Crippen LogP contribution in [0.5, 0.6) is 0 Å². The van der Waals surface area contributed by atoms with Gasteiger partial charge in [0.15, 0.2) is 0 Å². The summed E-state index contributed by atoms with van der Waals surface area (Å²) < 4.78 is 26.9. The lowest BCUT2D eigenvalue weighted by atomic mass is 10.0. The van der Waals surface area contributed by atoms with Crippen molar-refractivity contribution in [3.05, 3.63) is 100 Å². The number of aryl methyl sites for hydroxylation is 2. The summed E-state index contributed by atoms with van der Waals surface area (Å²) in [5, 5.41) is 3.42. The molecule has 3 aromatic rings. The summed E-state index contributed by atoms with van der Waals surface area (Å²) in [5.74, 6) is -0.612. The molecule has 0 heterocycles. The third-order valence-electron chi connectivity index (χ3n) is 6.71. The van der Waals surface area contributed by atoms with Crippen molar-refractivity contribution in [3.8, 4) is 0 Å². The van der Waals surface area contributed by atoms with Gasteiger partial charge in [0, 0.05) is 24.5 Å². The van der Waals surface area contributed by atoms with Gasteiger partial charge in [0.2, 0.25) is 21.8 Å². The van der Waals surface area contributed by atoms with Gasteiger partial charge < -0.3 is 10.2 Å². The molecule has 0 saturated heterocycles. The highest BCUT2D eigenvalue weighted by atomic mass is 35.5. The number of benzene rings is 3. The number of sulfonamides is 1. The Balaban J connectivity index is 2.07. The van der Waals surface area contributed by atoms with E-state index in [2.05, 4.69) is 5.32 Å². The minimum Gasteiger partial charge on any atom is -0.354 e. The molecule has 0 saturated carbocycles. The number of rotatable bonds is 12. The predicted molar refractivity (Wildman–Crippen MR) is 162 cm³/mol. The molecule has 0 unspecified atom stereocenters. The summed E-state index contributed by atoms with van der Waals surface area (Å²) in [6.07, 6.45) is 1.33. The number of nitrogens with zero attached hydrogens (tertiary/aromatic N) is 2. The van der Waals surface area contributed by atoms with Gasteiger partial charge in [-0.3, -0.25) is 13.9 Å². The number of nitrogens with one attached hydrogen (secondary N) is 1. The molecule has 2 amide bonds. The maximum absolute atomic E-state index is 14.1. The van der Waals surface area contributed by atoms with E-state index in [-0.39, 0.29) is 24.8 Å². The van der Waals surface area contributed by atoms with Crippen LogP contribution in [0.4, 0.5) is 5.69 Å². The average Bonchev–Trinajstić information content (AvgIpc) is 2.90. The Hall–Kier alpha value is -3.36. The van der Waals surface area contributed by atoms with E-state index in [1.807, 2.05) is 70.2 Å². The standard InChI is InChI=1S/C31H38ClN3O4S/c1-22(2)19-33-31(37)29(18-25-11-7-6-8-12-25)34(20-26-13-9-10-14-28(26)32)30(36)21-35(40(5,38)39)27-16-15-23(3)24(4)17-27/h6-17,22,29H,18-21H2,1-5H3,(H,33,37)/t29-/m0/s1. The smallest absolute Gasteiger partial charge is 0.244 e. The summed E-state index contributed by atoms with van der Waals surface area (Å²) in [4.78, 5) is 29.2. The van der Waals surface area contributed by atoms with E-state index < -0.39 is 28.5 Å². The van der Waals surface area contributed by atoms with E-state index in [0.717, 1.165) is 27.3 Å². The molecule has 40 heavy (non-hydrogen) atoms. The van der Waals surface area contributed by atoms with Gasteiger partial charge in [-0.25, -0.2) is 8.42 Å². The number of hydrogen-bond acceptors (Lipinski definition) is 4. The summed E-state index contributed by atoms with van der Waals surface area (Å²) >= 11 is 6.48. The summed E-state index contributed by atoms with van der Waals surface area (Å²) in [6.45, 7) is 7.82. The van der Waals surface area contributed by atoms with Gasteiger partial charge in [-0.15, -0.1) is 0 Å². The fourth-order valence-corrected chi connectivity index (χ4v) is 5.32. The van der Waals surface area contributed by atoms with E-state index in [4.69, 9.17) is 11.6 Å². The van der Waals surface area contributed by atoms with E-state index in [1.165, 1.54) is 4.90 Å². The van der Waals surface area contributed by atoms with Crippen molar-refractivity contribution in [2.45, 2.75) is 46.7 Å². The molecule has 3 rings (SSSR count). The first-order valence-electron chi connectivity index (χ1n) is 13.3. The van der Waals surface area contributed by atoms with Crippen LogP contribution in [0, 0.1) is 19.8 Å². The zero-order valence-electron chi connectivity index (χ0n) is 23.7. The predicted octanol–water partition coefficient (Wildman–Crippen LogP) is 5.14. The molecule has 0 aliphatic rings. The van der Waals surface area contributed by atoms with Crippen molar-refractivity contribution in [1.82, 2.24) is 10.2 Å². The first-order valence-corrected chi connectivity index (χ1v) is 15.5. The Bertz CT molecular complexity index is 1430. The Morgan fingerprint density at radius 2 is 1.57 bits per heavy atom. The lowest BCUT2D eigenvalue weighted by Crippen LogP contribution is -2.53.